The van der Waals surface area contributed by atoms with E-state index in [-0.39, 0.29) is 18.7 Å². The molecule has 1 aliphatic carbocycles. The van der Waals surface area contributed by atoms with Crippen molar-refractivity contribution in [3.05, 3.63) is 23.8 Å². The van der Waals surface area contributed by atoms with Crippen molar-refractivity contribution in [1.82, 2.24) is 5.43 Å². The highest BCUT2D eigenvalue weighted by molar-refractivity contribution is 5.81. The molecular weight excluding hydrogens is 370 g/mol. The summed E-state index contributed by atoms with van der Waals surface area (Å²) in [5, 5.41) is 9.73. The van der Waals surface area contributed by atoms with Crippen LogP contribution in [0, 0.1) is 16.7 Å². The Kier molecular flexibility index (Phi) is 6.15. The first-order chi connectivity index (χ1) is 12.7. The molecule has 148 valence electrons. The van der Waals surface area contributed by atoms with Crippen molar-refractivity contribution < 1.29 is 31.8 Å². The second-order valence-electron chi connectivity index (χ2n) is 6.65. The number of halogens is 4. The third-order valence-corrected chi connectivity index (χ3v) is 5.03. The number of hydrogen-bond donors (Lipinski definition) is 2. The fraction of sp³-hybridized carbons (Fsp3) is 0.529. The Balaban J connectivity index is 2.35. The Bertz CT molecular complexity index is 729. The van der Waals surface area contributed by atoms with Gasteiger partial charge in [-0.2, -0.15) is 22.8 Å². The van der Waals surface area contributed by atoms with E-state index in [0.29, 0.717) is 18.4 Å². The molecule has 1 aromatic rings. The van der Waals surface area contributed by atoms with Crippen molar-refractivity contribution in [3.8, 4) is 17.6 Å². The second-order valence-corrected chi connectivity index (χ2v) is 6.65. The van der Waals surface area contributed by atoms with Crippen molar-refractivity contribution in [2.45, 2.75) is 51.2 Å². The molecule has 1 amide bonds. The van der Waals surface area contributed by atoms with Crippen LogP contribution in [0.25, 0.3) is 0 Å². The molecule has 1 aromatic carbocycles. The molecule has 0 bridgehead atoms. The lowest BCUT2D eigenvalue weighted by atomic mass is 9.62. The minimum atomic E-state index is -3.25. The van der Waals surface area contributed by atoms with E-state index in [2.05, 4.69) is 21.0 Å². The maximum atomic E-state index is 12.6. The fourth-order valence-electron chi connectivity index (χ4n) is 3.28. The molecule has 0 radical (unpaired) electrons. The second kappa shape index (κ2) is 8.00. The predicted molar refractivity (Wildman–Crippen MR) is 85.9 cm³/mol. The number of hydrazine groups is 1. The number of hydrogen-bond acceptors (Lipinski definition) is 5. The van der Waals surface area contributed by atoms with Gasteiger partial charge < -0.3 is 9.47 Å². The van der Waals surface area contributed by atoms with E-state index in [4.69, 9.17) is 5.84 Å². The van der Waals surface area contributed by atoms with Crippen LogP contribution < -0.4 is 20.7 Å². The zero-order valence-electron chi connectivity index (χ0n) is 14.5. The smallest absolute Gasteiger partial charge is 0.387 e. The summed E-state index contributed by atoms with van der Waals surface area (Å²) in [5.74, 6) is 3.72. The van der Waals surface area contributed by atoms with Gasteiger partial charge in [0.05, 0.1) is 11.5 Å². The Morgan fingerprint density at radius 3 is 2.19 bits per heavy atom. The molecule has 1 fully saturated rings. The number of amides is 1. The number of alkyl halides is 4. The van der Waals surface area contributed by atoms with E-state index in [1.807, 2.05) is 0 Å². The lowest BCUT2D eigenvalue weighted by Crippen LogP contribution is -2.46. The molecule has 6 nitrogen and oxygen atoms in total. The molecule has 1 saturated carbocycles. The van der Waals surface area contributed by atoms with Gasteiger partial charge in [-0.1, -0.05) is 13.0 Å². The molecule has 2 rings (SSSR count). The van der Waals surface area contributed by atoms with Gasteiger partial charge in [0.25, 0.3) is 0 Å². The molecule has 10 heteroatoms. The lowest BCUT2D eigenvalue weighted by Gasteiger charge is -2.40. The summed E-state index contributed by atoms with van der Waals surface area (Å²) in [6.07, 6.45) is 1.20. The maximum Gasteiger partial charge on any atom is 0.387 e. The van der Waals surface area contributed by atoms with Crippen molar-refractivity contribution >= 4 is 5.91 Å². The zero-order chi connectivity index (χ0) is 20.2. The topological polar surface area (TPSA) is 97.4 Å². The molecule has 1 aliphatic rings. The van der Waals surface area contributed by atoms with Gasteiger partial charge in [-0.3, -0.25) is 10.2 Å². The number of nitriles is 1. The van der Waals surface area contributed by atoms with Crippen LogP contribution >= 0.6 is 0 Å². The van der Waals surface area contributed by atoms with Crippen molar-refractivity contribution in [1.29, 1.82) is 5.26 Å². The average Bonchev–Trinajstić information content (AvgIpc) is 2.62. The zero-order valence-corrected chi connectivity index (χ0v) is 14.5. The molecule has 0 unspecified atom stereocenters. The summed E-state index contributed by atoms with van der Waals surface area (Å²) in [4.78, 5) is 11.9. The van der Waals surface area contributed by atoms with Crippen molar-refractivity contribution in [3.63, 3.8) is 0 Å². The van der Waals surface area contributed by atoms with Crippen LogP contribution in [0.5, 0.6) is 11.5 Å². The summed E-state index contributed by atoms with van der Waals surface area (Å²) >= 11 is 0. The highest BCUT2D eigenvalue weighted by Crippen LogP contribution is 2.48. The van der Waals surface area contributed by atoms with Crippen LogP contribution in [0.15, 0.2) is 18.2 Å². The van der Waals surface area contributed by atoms with Gasteiger partial charge in [0.2, 0.25) is 5.91 Å². The van der Waals surface area contributed by atoms with Crippen LogP contribution in [-0.2, 0) is 10.2 Å². The minimum absolute atomic E-state index is 0.261. The highest BCUT2D eigenvalue weighted by Gasteiger charge is 2.45. The van der Waals surface area contributed by atoms with Gasteiger partial charge in [0.1, 0.15) is 0 Å². The fourth-order valence-corrected chi connectivity index (χ4v) is 3.28. The third-order valence-electron chi connectivity index (χ3n) is 5.03. The molecule has 0 spiro atoms. The summed E-state index contributed by atoms with van der Waals surface area (Å²) in [7, 11) is 0. The normalized spacial score (nSPS) is 25.1. The van der Waals surface area contributed by atoms with Crippen LogP contribution in [-0.4, -0.2) is 19.1 Å². The first-order valence-electron chi connectivity index (χ1n) is 8.12. The summed E-state index contributed by atoms with van der Waals surface area (Å²) in [5.41, 5.74) is 0.610. The van der Waals surface area contributed by atoms with Crippen LogP contribution in [0.3, 0.4) is 0 Å². The molecule has 0 atom stereocenters. The van der Waals surface area contributed by atoms with Crippen LogP contribution in [0.2, 0.25) is 0 Å². The van der Waals surface area contributed by atoms with E-state index >= 15 is 0 Å². The van der Waals surface area contributed by atoms with Gasteiger partial charge >= 0.3 is 13.2 Å². The number of rotatable bonds is 6. The van der Waals surface area contributed by atoms with Gasteiger partial charge in [-0.25, -0.2) is 5.84 Å². The van der Waals surface area contributed by atoms with Crippen molar-refractivity contribution in [2.24, 2.45) is 11.3 Å². The Morgan fingerprint density at radius 2 is 1.70 bits per heavy atom. The van der Waals surface area contributed by atoms with Crippen LogP contribution in [0.4, 0.5) is 17.6 Å². The minimum Gasteiger partial charge on any atom is -0.431 e. The number of benzene rings is 1. The Labute approximate surface area is 153 Å². The molecule has 0 aliphatic heterocycles. The van der Waals surface area contributed by atoms with E-state index in [1.165, 1.54) is 6.07 Å². The van der Waals surface area contributed by atoms with E-state index in [9.17, 15) is 27.6 Å². The molecule has 0 heterocycles. The first kappa shape index (κ1) is 20.8. The molecule has 0 saturated heterocycles. The molecular formula is C17H19F4N3O3. The van der Waals surface area contributed by atoms with Gasteiger partial charge in [-0.15, -0.1) is 0 Å². The van der Waals surface area contributed by atoms with Crippen molar-refractivity contribution in [2.75, 3.05) is 0 Å². The Morgan fingerprint density at radius 1 is 1.15 bits per heavy atom. The number of nitrogens with two attached hydrogens (primary N) is 1. The maximum absolute atomic E-state index is 12.6. The van der Waals surface area contributed by atoms with Gasteiger partial charge in [0, 0.05) is 5.41 Å². The monoisotopic (exact) mass is 389 g/mol. The molecule has 0 aromatic heterocycles. The molecule has 3 N–H and O–H groups in total. The number of carbonyl (C=O) groups is 1. The van der Waals surface area contributed by atoms with E-state index in [1.54, 1.807) is 6.92 Å². The van der Waals surface area contributed by atoms with Crippen LogP contribution in [0.1, 0.15) is 38.2 Å². The largest absolute Gasteiger partial charge is 0.431 e. The summed E-state index contributed by atoms with van der Waals surface area (Å²) in [6, 6.07) is 5.72. The third kappa shape index (κ3) is 4.42. The predicted octanol–water partition coefficient (Wildman–Crippen LogP) is 3.22. The summed E-state index contributed by atoms with van der Waals surface area (Å²) < 4.78 is 58.7. The number of nitrogens with zero attached hydrogens (tertiary/aromatic N) is 1. The number of carbonyl (C=O) groups excluding carboxylic acids is 1. The number of ether oxygens (including phenoxy) is 2. The van der Waals surface area contributed by atoms with E-state index in [0.717, 1.165) is 12.1 Å². The molecule has 27 heavy (non-hydrogen) atoms. The highest BCUT2D eigenvalue weighted by atomic mass is 19.3. The van der Waals surface area contributed by atoms with E-state index < -0.39 is 35.6 Å². The average molecular weight is 389 g/mol. The standard InChI is InChI=1S/C17H19F4N3O3/c1-16(13(25)24-23)4-6-17(9-22,7-5-16)10-2-3-11(26-14(18)19)12(8-10)27-15(20)21/h2-3,8,14-15H,4-7,23H2,1H3,(H,24,25). The summed E-state index contributed by atoms with van der Waals surface area (Å²) in [6.45, 7) is -4.74. The lowest BCUT2D eigenvalue weighted by molar-refractivity contribution is -0.132. The van der Waals surface area contributed by atoms with Gasteiger partial charge in [0.15, 0.2) is 11.5 Å². The number of nitrogens with one attached hydrogen (secondary N) is 1. The SMILES string of the molecule is CC1(C(=O)NN)CCC(C#N)(c2ccc(OC(F)F)c(OC(F)F)c2)CC1. The first-order valence-corrected chi connectivity index (χ1v) is 8.12. The van der Waals surface area contributed by atoms with Gasteiger partial charge in [-0.05, 0) is 43.4 Å². The Hall–Kier alpha value is -2.54. The quantitative estimate of drug-likeness (QED) is 0.337.